The van der Waals surface area contributed by atoms with Crippen molar-refractivity contribution in [2.24, 2.45) is 5.73 Å². The molecule has 120 valence electrons. The fourth-order valence-electron chi connectivity index (χ4n) is 3.41. The molecular formula is C18H38N2. The third kappa shape index (κ3) is 7.64. The van der Waals surface area contributed by atoms with Crippen molar-refractivity contribution in [3.05, 3.63) is 0 Å². The molecule has 2 heteroatoms. The summed E-state index contributed by atoms with van der Waals surface area (Å²) in [7, 11) is 0. The van der Waals surface area contributed by atoms with Crippen LogP contribution in [0, 0.1) is 0 Å². The summed E-state index contributed by atoms with van der Waals surface area (Å²) < 4.78 is 0. The van der Waals surface area contributed by atoms with Crippen molar-refractivity contribution >= 4 is 0 Å². The number of rotatable bonds is 11. The minimum Gasteiger partial charge on any atom is -0.328 e. The van der Waals surface area contributed by atoms with E-state index in [9.17, 15) is 0 Å². The van der Waals surface area contributed by atoms with Gasteiger partial charge in [0.25, 0.3) is 0 Å². The summed E-state index contributed by atoms with van der Waals surface area (Å²) in [4.78, 5) is 2.75. The van der Waals surface area contributed by atoms with E-state index in [0.29, 0.717) is 6.04 Å². The molecule has 0 spiro atoms. The van der Waals surface area contributed by atoms with Crippen LogP contribution in [0.25, 0.3) is 0 Å². The maximum atomic E-state index is 6.05. The quantitative estimate of drug-likeness (QED) is 0.556. The van der Waals surface area contributed by atoms with Crippen molar-refractivity contribution in [2.75, 3.05) is 13.1 Å². The number of hydrogen-bond donors (Lipinski definition) is 1. The Morgan fingerprint density at radius 3 is 1.95 bits per heavy atom. The Labute approximate surface area is 127 Å². The Morgan fingerprint density at radius 2 is 1.35 bits per heavy atom. The monoisotopic (exact) mass is 282 g/mol. The lowest BCUT2D eigenvalue weighted by molar-refractivity contribution is 0.134. The summed E-state index contributed by atoms with van der Waals surface area (Å²) in [5.74, 6) is 0. The highest BCUT2D eigenvalue weighted by Gasteiger charge is 2.22. The van der Waals surface area contributed by atoms with E-state index in [-0.39, 0.29) is 0 Å². The van der Waals surface area contributed by atoms with Gasteiger partial charge in [0.05, 0.1) is 0 Å². The minimum atomic E-state index is 0.465. The van der Waals surface area contributed by atoms with Crippen LogP contribution in [0.5, 0.6) is 0 Å². The van der Waals surface area contributed by atoms with Gasteiger partial charge in [-0.3, -0.25) is 0 Å². The summed E-state index contributed by atoms with van der Waals surface area (Å²) in [5, 5.41) is 0. The Kier molecular flexibility index (Phi) is 10.4. The molecule has 2 N–H and O–H groups in total. The molecule has 1 aliphatic heterocycles. The molecule has 2 nitrogen and oxygen atoms in total. The van der Waals surface area contributed by atoms with Gasteiger partial charge in [-0.1, -0.05) is 65.2 Å². The molecular weight excluding hydrogens is 244 g/mol. The zero-order valence-corrected chi connectivity index (χ0v) is 14.1. The summed E-state index contributed by atoms with van der Waals surface area (Å²) in [6, 6.07) is 1.31. The average molecular weight is 283 g/mol. The third-order valence-electron chi connectivity index (χ3n) is 4.87. The number of likely N-dealkylation sites (tertiary alicyclic amines) is 1. The summed E-state index contributed by atoms with van der Waals surface area (Å²) in [6.07, 6.45) is 16.5. The van der Waals surface area contributed by atoms with Crippen LogP contribution >= 0.6 is 0 Å². The summed E-state index contributed by atoms with van der Waals surface area (Å²) >= 11 is 0. The van der Waals surface area contributed by atoms with Crippen molar-refractivity contribution in [2.45, 2.75) is 103 Å². The van der Waals surface area contributed by atoms with E-state index in [2.05, 4.69) is 18.7 Å². The van der Waals surface area contributed by atoms with Gasteiger partial charge in [-0.25, -0.2) is 0 Å². The van der Waals surface area contributed by atoms with Crippen molar-refractivity contribution in [1.82, 2.24) is 4.90 Å². The molecule has 1 atom stereocenters. The van der Waals surface area contributed by atoms with Crippen molar-refractivity contribution in [1.29, 1.82) is 0 Å². The second-order valence-electron chi connectivity index (χ2n) is 6.73. The Hall–Kier alpha value is -0.0800. The highest BCUT2D eigenvalue weighted by molar-refractivity contribution is 4.80. The molecule has 1 saturated heterocycles. The van der Waals surface area contributed by atoms with Crippen molar-refractivity contribution in [3.63, 3.8) is 0 Å². The topological polar surface area (TPSA) is 29.3 Å². The van der Waals surface area contributed by atoms with Crippen LogP contribution in [0.3, 0.4) is 0 Å². The van der Waals surface area contributed by atoms with Crippen molar-refractivity contribution < 1.29 is 0 Å². The maximum absolute atomic E-state index is 6.05. The van der Waals surface area contributed by atoms with Crippen LogP contribution in [0.4, 0.5) is 0 Å². The molecule has 1 heterocycles. The standard InChI is InChI=1S/C18H38N2/c1-3-5-7-8-10-12-18(11-9-6-4-2)20-15-13-17(19)14-16-20/h17-18H,3-16,19H2,1-2H3. The third-order valence-corrected chi connectivity index (χ3v) is 4.87. The smallest absolute Gasteiger partial charge is 0.00952 e. The molecule has 0 aliphatic carbocycles. The first kappa shape index (κ1) is 18.0. The highest BCUT2D eigenvalue weighted by atomic mass is 15.2. The lowest BCUT2D eigenvalue weighted by Gasteiger charge is -2.37. The van der Waals surface area contributed by atoms with E-state index in [0.717, 1.165) is 6.04 Å². The minimum absolute atomic E-state index is 0.465. The molecule has 0 bridgehead atoms. The fourth-order valence-corrected chi connectivity index (χ4v) is 3.41. The predicted molar refractivity (Wildman–Crippen MR) is 90.1 cm³/mol. The number of unbranched alkanes of at least 4 members (excludes halogenated alkanes) is 6. The fraction of sp³-hybridized carbons (Fsp3) is 1.00. The number of hydrogen-bond acceptors (Lipinski definition) is 2. The predicted octanol–water partition coefficient (Wildman–Crippen LogP) is 4.72. The zero-order valence-electron chi connectivity index (χ0n) is 14.1. The molecule has 1 rings (SSSR count). The molecule has 1 unspecified atom stereocenters. The van der Waals surface area contributed by atoms with Gasteiger partial charge in [0, 0.05) is 12.1 Å². The van der Waals surface area contributed by atoms with Gasteiger partial charge in [-0.2, -0.15) is 0 Å². The molecule has 0 aromatic carbocycles. The highest BCUT2D eigenvalue weighted by Crippen LogP contribution is 2.21. The Bertz CT molecular complexity index is 209. The normalized spacial score (nSPS) is 19.4. The van der Waals surface area contributed by atoms with Gasteiger partial charge >= 0.3 is 0 Å². The van der Waals surface area contributed by atoms with Gasteiger partial charge in [-0.15, -0.1) is 0 Å². The SMILES string of the molecule is CCCCCCCC(CCCCC)N1CCC(N)CC1. The second kappa shape index (κ2) is 11.6. The van der Waals surface area contributed by atoms with E-state index in [1.807, 2.05) is 0 Å². The largest absolute Gasteiger partial charge is 0.328 e. The maximum Gasteiger partial charge on any atom is 0.00952 e. The van der Waals surface area contributed by atoms with Crippen LogP contribution < -0.4 is 5.73 Å². The lowest BCUT2D eigenvalue weighted by atomic mass is 9.96. The van der Waals surface area contributed by atoms with E-state index in [4.69, 9.17) is 5.73 Å². The molecule has 1 aliphatic rings. The first-order valence-electron chi connectivity index (χ1n) is 9.27. The van der Waals surface area contributed by atoms with E-state index < -0.39 is 0 Å². The van der Waals surface area contributed by atoms with Crippen LogP contribution in [0.2, 0.25) is 0 Å². The molecule has 20 heavy (non-hydrogen) atoms. The molecule has 0 aromatic heterocycles. The first-order chi connectivity index (χ1) is 9.77. The average Bonchev–Trinajstić information content (AvgIpc) is 2.46. The molecule has 0 aromatic rings. The van der Waals surface area contributed by atoms with Crippen LogP contribution in [-0.4, -0.2) is 30.1 Å². The number of nitrogens with two attached hydrogens (primary N) is 1. The van der Waals surface area contributed by atoms with Crippen LogP contribution in [-0.2, 0) is 0 Å². The number of nitrogens with zero attached hydrogens (tertiary/aromatic N) is 1. The van der Waals surface area contributed by atoms with Gasteiger partial charge in [0.2, 0.25) is 0 Å². The van der Waals surface area contributed by atoms with E-state index in [1.54, 1.807) is 0 Å². The van der Waals surface area contributed by atoms with Crippen LogP contribution in [0.15, 0.2) is 0 Å². The first-order valence-corrected chi connectivity index (χ1v) is 9.27. The van der Waals surface area contributed by atoms with Gasteiger partial charge in [0.15, 0.2) is 0 Å². The Morgan fingerprint density at radius 1 is 0.850 bits per heavy atom. The zero-order chi connectivity index (χ0) is 14.6. The second-order valence-corrected chi connectivity index (χ2v) is 6.73. The molecule has 1 fully saturated rings. The molecule has 0 saturated carbocycles. The number of piperidine rings is 1. The van der Waals surface area contributed by atoms with E-state index >= 15 is 0 Å². The Balaban J connectivity index is 2.27. The van der Waals surface area contributed by atoms with E-state index in [1.165, 1.54) is 90.1 Å². The lowest BCUT2D eigenvalue weighted by Crippen LogP contribution is -2.45. The summed E-state index contributed by atoms with van der Waals surface area (Å²) in [5.41, 5.74) is 6.05. The van der Waals surface area contributed by atoms with Gasteiger partial charge in [-0.05, 0) is 38.8 Å². The molecule has 0 amide bonds. The van der Waals surface area contributed by atoms with Gasteiger partial charge in [0.1, 0.15) is 0 Å². The van der Waals surface area contributed by atoms with Crippen LogP contribution in [0.1, 0.15) is 90.9 Å². The van der Waals surface area contributed by atoms with Crippen molar-refractivity contribution in [3.8, 4) is 0 Å². The van der Waals surface area contributed by atoms with Gasteiger partial charge < -0.3 is 10.6 Å². The summed E-state index contributed by atoms with van der Waals surface area (Å²) in [6.45, 7) is 7.09. The molecule has 0 radical (unpaired) electrons.